The smallest absolute Gasteiger partial charge is 0.407 e. The molecular weight excluding hydrogens is 298 g/mol. The summed E-state index contributed by atoms with van der Waals surface area (Å²) >= 11 is 0. The second-order valence-electron chi connectivity index (χ2n) is 5.43. The van der Waals surface area contributed by atoms with Gasteiger partial charge in [-0.2, -0.15) is 0 Å². The number of benzene rings is 1. The molecule has 6 nitrogen and oxygen atoms in total. The Bertz CT molecular complexity index is 613. The van der Waals surface area contributed by atoms with Crippen molar-refractivity contribution in [3.05, 3.63) is 48.6 Å². The average molecular weight is 317 g/mol. The van der Waals surface area contributed by atoms with Crippen LogP contribution in [-0.4, -0.2) is 29.6 Å². The Hall–Kier alpha value is -2.63. The van der Waals surface area contributed by atoms with Gasteiger partial charge < -0.3 is 15.2 Å². The molecule has 1 aromatic carbocycles. The summed E-state index contributed by atoms with van der Waals surface area (Å²) in [7, 11) is 0. The van der Waals surface area contributed by atoms with Gasteiger partial charge in [-0.3, -0.25) is 9.59 Å². The third kappa shape index (κ3) is 3.26. The van der Waals surface area contributed by atoms with Gasteiger partial charge in [-0.1, -0.05) is 43.0 Å². The van der Waals surface area contributed by atoms with Crippen molar-refractivity contribution in [3.63, 3.8) is 0 Å². The van der Waals surface area contributed by atoms with Crippen LogP contribution in [0.2, 0.25) is 0 Å². The van der Waals surface area contributed by atoms with Crippen LogP contribution in [-0.2, 0) is 14.3 Å². The number of ether oxygens (including phenoxy) is 1. The fourth-order valence-electron chi connectivity index (χ4n) is 2.98. The summed E-state index contributed by atoms with van der Waals surface area (Å²) in [5.41, 5.74) is -1.10. The van der Waals surface area contributed by atoms with Crippen molar-refractivity contribution in [1.82, 2.24) is 5.32 Å². The molecule has 122 valence electrons. The molecule has 23 heavy (non-hydrogen) atoms. The molecule has 0 aromatic heterocycles. The SMILES string of the molecule is C=CCOC(=O)N[C@@H](c1ccccc1)[C@]1(C(=O)O)CCCC1=O. The van der Waals surface area contributed by atoms with Gasteiger partial charge in [0.1, 0.15) is 6.61 Å². The van der Waals surface area contributed by atoms with Gasteiger partial charge in [0, 0.05) is 6.42 Å². The highest BCUT2D eigenvalue weighted by Gasteiger charge is 2.55. The summed E-state index contributed by atoms with van der Waals surface area (Å²) in [6.45, 7) is 3.45. The molecule has 1 aliphatic rings. The van der Waals surface area contributed by atoms with Crippen LogP contribution in [0.25, 0.3) is 0 Å². The highest BCUT2D eigenvalue weighted by Crippen LogP contribution is 2.45. The van der Waals surface area contributed by atoms with E-state index in [9.17, 15) is 19.5 Å². The lowest BCUT2D eigenvalue weighted by molar-refractivity contribution is -0.155. The number of aliphatic carboxylic acids is 1. The minimum absolute atomic E-state index is 0.00135. The predicted molar refractivity (Wildman–Crippen MR) is 82.8 cm³/mol. The van der Waals surface area contributed by atoms with Crippen molar-refractivity contribution in [2.45, 2.75) is 25.3 Å². The summed E-state index contributed by atoms with van der Waals surface area (Å²) in [6.07, 6.45) is 1.49. The molecule has 2 rings (SSSR count). The Morgan fingerprint density at radius 1 is 1.39 bits per heavy atom. The molecular formula is C17H19NO5. The molecule has 0 saturated heterocycles. The lowest BCUT2D eigenvalue weighted by Crippen LogP contribution is -2.48. The van der Waals surface area contributed by atoms with Crippen LogP contribution in [0.4, 0.5) is 4.79 Å². The third-order valence-electron chi connectivity index (χ3n) is 4.07. The van der Waals surface area contributed by atoms with Crippen LogP contribution < -0.4 is 5.32 Å². The van der Waals surface area contributed by atoms with E-state index in [1.807, 2.05) is 0 Å². The fourth-order valence-corrected chi connectivity index (χ4v) is 2.98. The normalized spacial score (nSPS) is 21.5. The number of hydrogen-bond donors (Lipinski definition) is 2. The molecule has 1 fully saturated rings. The number of nitrogens with one attached hydrogen (secondary N) is 1. The van der Waals surface area contributed by atoms with Crippen molar-refractivity contribution in [2.24, 2.45) is 5.41 Å². The average Bonchev–Trinajstić information content (AvgIpc) is 2.94. The maximum atomic E-state index is 12.4. The molecule has 1 aliphatic carbocycles. The Morgan fingerprint density at radius 3 is 2.61 bits per heavy atom. The molecule has 1 aromatic rings. The lowest BCUT2D eigenvalue weighted by Gasteiger charge is -2.32. The van der Waals surface area contributed by atoms with E-state index in [1.54, 1.807) is 30.3 Å². The zero-order valence-electron chi connectivity index (χ0n) is 12.7. The van der Waals surface area contributed by atoms with Gasteiger partial charge in [0.05, 0.1) is 6.04 Å². The van der Waals surface area contributed by atoms with Crippen LogP contribution in [0.3, 0.4) is 0 Å². The summed E-state index contributed by atoms with van der Waals surface area (Å²) in [6, 6.07) is 7.64. The molecule has 0 bridgehead atoms. The van der Waals surface area contributed by atoms with E-state index in [0.29, 0.717) is 12.0 Å². The third-order valence-corrected chi connectivity index (χ3v) is 4.07. The highest BCUT2D eigenvalue weighted by atomic mass is 16.5. The predicted octanol–water partition coefficient (Wildman–Crippen LogP) is 2.46. The molecule has 0 heterocycles. The van der Waals surface area contributed by atoms with Crippen molar-refractivity contribution in [3.8, 4) is 0 Å². The largest absolute Gasteiger partial charge is 0.480 e. The number of rotatable bonds is 6. The Kier molecular flexibility index (Phi) is 5.16. The van der Waals surface area contributed by atoms with Crippen molar-refractivity contribution < 1.29 is 24.2 Å². The molecule has 2 N–H and O–H groups in total. The molecule has 0 aliphatic heterocycles. The van der Waals surface area contributed by atoms with Gasteiger partial charge in [-0.05, 0) is 18.4 Å². The van der Waals surface area contributed by atoms with Gasteiger partial charge in [-0.25, -0.2) is 4.79 Å². The van der Waals surface area contributed by atoms with E-state index < -0.39 is 23.5 Å². The first kappa shape index (κ1) is 16.7. The molecule has 1 amide bonds. The molecule has 1 saturated carbocycles. The van der Waals surface area contributed by atoms with E-state index in [0.717, 1.165) is 0 Å². The van der Waals surface area contributed by atoms with E-state index in [-0.39, 0.29) is 25.2 Å². The van der Waals surface area contributed by atoms with Gasteiger partial charge >= 0.3 is 12.1 Å². The molecule has 6 heteroatoms. The zero-order valence-corrected chi connectivity index (χ0v) is 12.7. The summed E-state index contributed by atoms with van der Waals surface area (Å²) in [4.78, 5) is 36.2. The first-order valence-electron chi connectivity index (χ1n) is 7.38. The van der Waals surface area contributed by atoms with E-state index in [4.69, 9.17) is 4.74 Å². The first-order chi connectivity index (χ1) is 11.0. The van der Waals surface area contributed by atoms with Crippen LogP contribution in [0.5, 0.6) is 0 Å². The molecule has 0 spiro atoms. The van der Waals surface area contributed by atoms with Crippen LogP contribution in [0, 0.1) is 5.41 Å². The maximum absolute atomic E-state index is 12.4. The quantitative estimate of drug-likeness (QED) is 0.621. The van der Waals surface area contributed by atoms with Crippen LogP contribution >= 0.6 is 0 Å². The minimum atomic E-state index is -1.66. The standard InChI is InChI=1S/C17H19NO5/c1-2-11-23-16(22)18-14(12-7-4-3-5-8-12)17(15(20)21)10-6-9-13(17)19/h2-5,7-8,14H,1,6,9-11H2,(H,18,22)(H,20,21)/t14-,17-/m0/s1. The van der Waals surface area contributed by atoms with Crippen molar-refractivity contribution in [1.29, 1.82) is 0 Å². The summed E-state index contributed by atoms with van der Waals surface area (Å²) < 4.78 is 4.89. The zero-order chi connectivity index (χ0) is 16.9. The van der Waals surface area contributed by atoms with E-state index in [1.165, 1.54) is 6.08 Å². The number of hydrogen-bond acceptors (Lipinski definition) is 4. The minimum Gasteiger partial charge on any atom is -0.480 e. The monoisotopic (exact) mass is 317 g/mol. The van der Waals surface area contributed by atoms with Gasteiger partial charge in [0.15, 0.2) is 11.2 Å². The number of amides is 1. The molecule has 0 radical (unpaired) electrons. The molecule has 0 unspecified atom stereocenters. The van der Waals surface area contributed by atoms with Gasteiger partial charge in [0.25, 0.3) is 0 Å². The van der Waals surface area contributed by atoms with Crippen LogP contribution in [0.15, 0.2) is 43.0 Å². The number of carboxylic acids is 1. The summed E-state index contributed by atoms with van der Waals surface area (Å²) in [5, 5.41) is 12.3. The number of carbonyl (C=O) groups is 3. The maximum Gasteiger partial charge on any atom is 0.407 e. The van der Waals surface area contributed by atoms with Crippen molar-refractivity contribution in [2.75, 3.05) is 6.61 Å². The number of carbonyl (C=O) groups excluding carboxylic acids is 2. The van der Waals surface area contributed by atoms with Crippen molar-refractivity contribution >= 4 is 17.8 Å². The number of ketones is 1. The topological polar surface area (TPSA) is 92.7 Å². The second-order valence-corrected chi connectivity index (χ2v) is 5.43. The highest BCUT2D eigenvalue weighted by molar-refractivity contribution is 6.05. The summed E-state index contributed by atoms with van der Waals surface area (Å²) in [5.74, 6) is -1.60. The molecule has 2 atom stereocenters. The first-order valence-corrected chi connectivity index (χ1v) is 7.38. The lowest BCUT2D eigenvalue weighted by atomic mass is 9.74. The number of alkyl carbamates (subject to hydrolysis) is 1. The fraction of sp³-hybridized carbons (Fsp3) is 0.353. The Morgan fingerprint density at radius 2 is 2.09 bits per heavy atom. The number of carboxylic acid groups (broad SMARTS) is 1. The van der Waals surface area contributed by atoms with Gasteiger partial charge in [-0.15, -0.1) is 0 Å². The van der Waals surface area contributed by atoms with E-state index >= 15 is 0 Å². The second kappa shape index (κ2) is 7.09. The Balaban J connectivity index is 2.40. The van der Waals surface area contributed by atoms with Crippen LogP contribution in [0.1, 0.15) is 30.9 Å². The van der Waals surface area contributed by atoms with E-state index in [2.05, 4.69) is 11.9 Å². The number of Topliss-reactive ketones (excluding diaryl/α,β-unsaturated/α-hetero) is 1. The van der Waals surface area contributed by atoms with Gasteiger partial charge in [0.2, 0.25) is 0 Å². The Labute approximate surface area is 134 Å².